The average molecular weight is 404 g/mol. The molecule has 6 heteroatoms. The largest absolute Gasteiger partial charge is 0.490 e. The minimum absolute atomic E-state index is 0.0616. The van der Waals surface area contributed by atoms with Crippen molar-refractivity contribution in [1.29, 1.82) is 0 Å². The van der Waals surface area contributed by atoms with Gasteiger partial charge in [-0.05, 0) is 43.5 Å². The Hall–Kier alpha value is -3.28. The number of para-hydroxylation sites is 1. The number of pyridine rings is 1. The number of carbonyl (C=O) groups is 2. The molecule has 0 saturated heterocycles. The fourth-order valence-electron chi connectivity index (χ4n) is 4.14. The van der Waals surface area contributed by atoms with E-state index in [-0.39, 0.29) is 19.0 Å². The van der Waals surface area contributed by atoms with Gasteiger partial charge >= 0.3 is 5.97 Å². The Morgan fingerprint density at radius 3 is 2.70 bits per heavy atom. The molecular formula is C24H24N2O4. The second-order valence-corrected chi connectivity index (χ2v) is 7.46. The van der Waals surface area contributed by atoms with Crippen LogP contribution in [0.4, 0.5) is 0 Å². The number of aromatic nitrogens is 1. The highest BCUT2D eigenvalue weighted by atomic mass is 16.6. The molecule has 2 aromatic rings. The van der Waals surface area contributed by atoms with Crippen LogP contribution in [0.5, 0.6) is 5.75 Å². The third-order valence-electron chi connectivity index (χ3n) is 5.47. The predicted molar refractivity (Wildman–Crippen MR) is 112 cm³/mol. The Morgan fingerprint density at radius 1 is 1.10 bits per heavy atom. The summed E-state index contributed by atoms with van der Waals surface area (Å²) in [5.74, 6) is -0.675. The smallest absolute Gasteiger partial charge is 0.315 e. The van der Waals surface area contributed by atoms with Crippen molar-refractivity contribution in [2.24, 2.45) is 10.9 Å². The van der Waals surface area contributed by atoms with Crippen LogP contribution in [0.1, 0.15) is 37.7 Å². The molecule has 2 unspecified atom stereocenters. The highest BCUT2D eigenvalue weighted by Crippen LogP contribution is 2.43. The van der Waals surface area contributed by atoms with E-state index >= 15 is 0 Å². The second-order valence-electron chi connectivity index (χ2n) is 7.46. The maximum Gasteiger partial charge on any atom is 0.315 e. The summed E-state index contributed by atoms with van der Waals surface area (Å²) in [7, 11) is 0. The Bertz CT molecular complexity index is 983. The van der Waals surface area contributed by atoms with Crippen molar-refractivity contribution in [2.45, 2.75) is 32.1 Å². The number of rotatable bonds is 6. The molecule has 2 aliphatic rings. The maximum absolute atomic E-state index is 13.1. The zero-order valence-corrected chi connectivity index (χ0v) is 16.9. The molecule has 1 aromatic carbocycles. The summed E-state index contributed by atoms with van der Waals surface area (Å²) >= 11 is 0. The van der Waals surface area contributed by atoms with Crippen molar-refractivity contribution in [3.63, 3.8) is 0 Å². The van der Waals surface area contributed by atoms with Gasteiger partial charge in [0.2, 0.25) is 0 Å². The predicted octanol–water partition coefficient (Wildman–Crippen LogP) is 3.89. The zero-order chi connectivity index (χ0) is 20.9. The van der Waals surface area contributed by atoms with E-state index in [2.05, 4.69) is 9.98 Å². The minimum atomic E-state index is -0.647. The van der Waals surface area contributed by atoms with Gasteiger partial charge in [-0.1, -0.05) is 24.3 Å². The maximum atomic E-state index is 13.1. The van der Waals surface area contributed by atoms with Crippen LogP contribution >= 0.6 is 0 Å². The quantitative estimate of drug-likeness (QED) is 0.539. The van der Waals surface area contributed by atoms with Crippen LogP contribution in [0, 0.1) is 5.92 Å². The number of nitrogens with zero attached hydrogens (tertiary/aromatic N) is 2. The molecule has 2 heterocycles. The molecule has 30 heavy (non-hydrogen) atoms. The minimum Gasteiger partial charge on any atom is -0.490 e. The van der Waals surface area contributed by atoms with E-state index in [4.69, 9.17) is 9.47 Å². The number of hydrogen-bond acceptors (Lipinski definition) is 6. The van der Waals surface area contributed by atoms with Gasteiger partial charge in [0.1, 0.15) is 24.9 Å². The van der Waals surface area contributed by atoms with Crippen LogP contribution in [0.2, 0.25) is 0 Å². The van der Waals surface area contributed by atoms with Gasteiger partial charge in [-0.3, -0.25) is 19.6 Å². The number of hydrogen-bond donors (Lipinski definition) is 0. The first-order valence-corrected chi connectivity index (χ1v) is 10.2. The summed E-state index contributed by atoms with van der Waals surface area (Å²) in [4.78, 5) is 34.7. The van der Waals surface area contributed by atoms with Crippen molar-refractivity contribution in [3.05, 3.63) is 71.7 Å². The molecule has 4 rings (SSSR count). The summed E-state index contributed by atoms with van der Waals surface area (Å²) in [6.45, 7) is 2.21. The number of ether oxygens (including phenoxy) is 2. The first-order valence-electron chi connectivity index (χ1n) is 10.2. The molecule has 0 bridgehead atoms. The number of carbonyl (C=O) groups excluding carboxylic acids is 2. The van der Waals surface area contributed by atoms with E-state index in [1.165, 1.54) is 0 Å². The molecule has 6 nitrogen and oxygen atoms in total. The van der Waals surface area contributed by atoms with E-state index in [1.54, 1.807) is 12.4 Å². The van der Waals surface area contributed by atoms with Gasteiger partial charge in [0.05, 0.1) is 0 Å². The highest BCUT2D eigenvalue weighted by Gasteiger charge is 2.43. The van der Waals surface area contributed by atoms with Crippen molar-refractivity contribution in [2.75, 3.05) is 13.2 Å². The number of benzene rings is 1. The van der Waals surface area contributed by atoms with Crippen molar-refractivity contribution in [3.8, 4) is 5.75 Å². The van der Waals surface area contributed by atoms with Crippen LogP contribution < -0.4 is 4.74 Å². The number of Topliss-reactive ketones (excluding diaryl/α,β-unsaturated/α-hetero) is 1. The first-order chi connectivity index (χ1) is 14.6. The second kappa shape index (κ2) is 9.03. The third kappa shape index (κ3) is 4.17. The van der Waals surface area contributed by atoms with Gasteiger partial charge in [-0.25, -0.2) is 0 Å². The molecule has 0 N–H and O–H groups in total. The van der Waals surface area contributed by atoms with Gasteiger partial charge in [0.25, 0.3) is 0 Å². The van der Waals surface area contributed by atoms with Crippen LogP contribution in [0.15, 0.2) is 71.1 Å². The van der Waals surface area contributed by atoms with Crippen LogP contribution in [-0.2, 0) is 14.3 Å². The van der Waals surface area contributed by atoms with Gasteiger partial charge in [0, 0.05) is 41.7 Å². The Morgan fingerprint density at radius 2 is 1.93 bits per heavy atom. The molecule has 0 saturated carbocycles. The summed E-state index contributed by atoms with van der Waals surface area (Å²) in [6.07, 6.45) is 5.42. The standard InChI is InChI=1S/C24H24N2O4/c1-16-21(24(28)30-14-13-29-18-8-3-2-4-9-18)22(17-7-6-12-25-15-17)23-19(26-16)10-5-11-20(23)27/h2-4,6-9,12,15,21-22H,5,10-11,13-14H2,1H3. The lowest BCUT2D eigenvalue weighted by Gasteiger charge is -2.34. The topological polar surface area (TPSA) is 77.9 Å². The lowest BCUT2D eigenvalue weighted by molar-refractivity contribution is -0.147. The van der Waals surface area contributed by atoms with Crippen LogP contribution in [-0.4, -0.2) is 35.7 Å². The fourth-order valence-corrected chi connectivity index (χ4v) is 4.14. The summed E-state index contributed by atoms with van der Waals surface area (Å²) in [5, 5.41) is 0. The molecule has 0 spiro atoms. The number of aliphatic imine (C=N–C) groups is 1. The molecule has 0 amide bonds. The monoisotopic (exact) mass is 404 g/mol. The Labute approximate surface area is 175 Å². The lowest BCUT2D eigenvalue weighted by atomic mass is 9.72. The fraction of sp³-hybridized carbons (Fsp3) is 0.333. The molecule has 0 radical (unpaired) electrons. The zero-order valence-electron chi connectivity index (χ0n) is 16.9. The van der Waals surface area contributed by atoms with Gasteiger partial charge in [-0.2, -0.15) is 0 Å². The SMILES string of the molecule is CC1=NC2=C(C(=O)CCC2)C(c2cccnc2)C1C(=O)OCCOc1ccccc1. The van der Waals surface area contributed by atoms with Gasteiger partial charge in [0.15, 0.2) is 5.78 Å². The molecule has 0 fully saturated rings. The first kappa shape index (κ1) is 20.0. The third-order valence-corrected chi connectivity index (χ3v) is 5.47. The van der Waals surface area contributed by atoms with Gasteiger partial charge < -0.3 is 9.47 Å². The van der Waals surface area contributed by atoms with Crippen LogP contribution in [0.25, 0.3) is 0 Å². The molecular weight excluding hydrogens is 380 g/mol. The van der Waals surface area contributed by atoms with Crippen molar-refractivity contribution < 1.29 is 19.1 Å². The number of esters is 1. The Kier molecular flexibility index (Phi) is 6.02. The van der Waals surface area contributed by atoms with E-state index in [0.717, 1.165) is 29.9 Å². The van der Waals surface area contributed by atoms with E-state index < -0.39 is 17.8 Å². The van der Waals surface area contributed by atoms with Gasteiger partial charge in [-0.15, -0.1) is 0 Å². The summed E-state index contributed by atoms with van der Waals surface area (Å²) < 4.78 is 11.1. The van der Waals surface area contributed by atoms with E-state index in [0.29, 0.717) is 17.7 Å². The molecule has 1 aromatic heterocycles. The number of ketones is 1. The van der Waals surface area contributed by atoms with E-state index in [1.807, 2.05) is 49.4 Å². The van der Waals surface area contributed by atoms with Crippen LogP contribution in [0.3, 0.4) is 0 Å². The normalized spacial score (nSPS) is 21.0. The Balaban J connectivity index is 1.53. The molecule has 1 aliphatic heterocycles. The summed E-state index contributed by atoms with van der Waals surface area (Å²) in [5.41, 5.74) is 2.94. The number of allylic oxidation sites excluding steroid dienone is 2. The van der Waals surface area contributed by atoms with E-state index in [9.17, 15) is 9.59 Å². The van der Waals surface area contributed by atoms with Crippen molar-refractivity contribution in [1.82, 2.24) is 4.98 Å². The van der Waals surface area contributed by atoms with Crippen molar-refractivity contribution >= 4 is 17.5 Å². The average Bonchev–Trinajstić information content (AvgIpc) is 2.77. The molecule has 1 aliphatic carbocycles. The highest BCUT2D eigenvalue weighted by molar-refractivity contribution is 6.08. The lowest BCUT2D eigenvalue weighted by Crippen LogP contribution is -2.37. The molecule has 2 atom stereocenters. The summed E-state index contributed by atoms with van der Waals surface area (Å²) in [6, 6.07) is 13.1. The molecule has 154 valence electrons.